The summed E-state index contributed by atoms with van der Waals surface area (Å²) in [6.45, 7) is 1.37. The Hall–Kier alpha value is -1.64. The number of fused-ring (bicyclic) bond motifs is 1. The summed E-state index contributed by atoms with van der Waals surface area (Å²) in [7, 11) is 0. The molecule has 0 saturated heterocycles. The van der Waals surface area contributed by atoms with Crippen molar-refractivity contribution < 1.29 is 9.63 Å². The van der Waals surface area contributed by atoms with E-state index in [0.29, 0.717) is 0 Å². The van der Waals surface area contributed by atoms with Gasteiger partial charge in [-0.3, -0.25) is 0 Å². The summed E-state index contributed by atoms with van der Waals surface area (Å²) in [5, 5.41) is 3.95. The van der Waals surface area contributed by atoms with E-state index in [1.54, 1.807) is 0 Å². The Morgan fingerprint density at radius 3 is 2.81 bits per heavy atom. The number of carbonyl (C=O) groups excluding carboxylic acids is 1. The van der Waals surface area contributed by atoms with Crippen molar-refractivity contribution >= 4 is 11.7 Å². The molecule has 2 rings (SSSR count). The zero-order valence-electron chi connectivity index (χ0n) is 9.40. The molecule has 0 heterocycles. The molecule has 84 valence electrons. The summed E-state index contributed by atoms with van der Waals surface area (Å²) < 4.78 is 0. The maximum atomic E-state index is 10.8. The molecule has 1 aliphatic rings. The van der Waals surface area contributed by atoms with Crippen LogP contribution in [0.25, 0.3) is 0 Å². The first kappa shape index (κ1) is 10.9. The summed E-state index contributed by atoms with van der Waals surface area (Å²) in [5.74, 6) is -0.366. The van der Waals surface area contributed by atoms with Crippen molar-refractivity contribution in [3.63, 3.8) is 0 Å². The van der Waals surface area contributed by atoms with E-state index in [1.807, 2.05) is 18.2 Å². The van der Waals surface area contributed by atoms with E-state index >= 15 is 0 Å². The van der Waals surface area contributed by atoms with E-state index in [9.17, 15) is 4.79 Å². The molecule has 0 saturated carbocycles. The Morgan fingerprint density at radius 1 is 1.25 bits per heavy atom. The smallest absolute Gasteiger partial charge is 0.318 e. The van der Waals surface area contributed by atoms with Gasteiger partial charge in [-0.15, -0.1) is 0 Å². The van der Waals surface area contributed by atoms with Gasteiger partial charge in [0.1, 0.15) is 0 Å². The lowest BCUT2D eigenvalue weighted by Crippen LogP contribution is -2.04. The maximum Gasteiger partial charge on any atom is 0.331 e. The molecule has 0 bridgehead atoms. The van der Waals surface area contributed by atoms with Gasteiger partial charge in [0.2, 0.25) is 0 Å². The van der Waals surface area contributed by atoms with Crippen molar-refractivity contribution in [2.45, 2.75) is 32.6 Å². The van der Waals surface area contributed by atoms with Crippen molar-refractivity contribution in [2.24, 2.45) is 5.16 Å². The number of carbonyl (C=O) groups is 1. The average Bonchev–Trinajstić information content (AvgIpc) is 2.48. The standard InChI is InChI=1S/C13H15NO2/c1-10(15)16-14-13-9-5-3-7-11-6-2-4-8-12(11)13/h2,4,6,8H,3,5,7,9H2,1H3/b14-13+. The molecule has 3 nitrogen and oxygen atoms in total. The number of aryl methyl sites for hydroxylation is 1. The fourth-order valence-electron chi connectivity index (χ4n) is 1.98. The normalized spacial score (nSPS) is 17.7. The van der Waals surface area contributed by atoms with E-state index in [1.165, 1.54) is 12.5 Å². The topological polar surface area (TPSA) is 38.7 Å². The van der Waals surface area contributed by atoms with Gasteiger partial charge >= 0.3 is 5.97 Å². The third kappa shape index (κ3) is 2.48. The van der Waals surface area contributed by atoms with Crippen molar-refractivity contribution in [1.29, 1.82) is 0 Å². The van der Waals surface area contributed by atoms with Crippen LogP contribution >= 0.6 is 0 Å². The largest absolute Gasteiger partial charge is 0.331 e. The second-order valence-electron chi connectivity index (χ2n) is 3.99. The van der Waals surface area contributed by atoms with Crippen molar-refractivity contribution in [2.75, 3.05) is 0 Å². The molecular weight excluding hydrogens is 202 g/mol. The molecule has 0 amide bonds. The predicted octanol–water partition coefficient (Wildman–Crippen LogP) is 2.68. The van der Waals surface area contributed by atoms with Crippen LogP contribution in [-0.2, 0) is 16.1 Å². The molecule has 0 atom stereocenters. The van der Waals surface area contributed by atoms with Gasteiger partial charge in [-0.05, 0) is 31.2 Å². The number of rotatable bonds is 1. The van der Waals surface area contributed by atoms with Crippen LogP contribution < -0.4 is 0 Å². The van der Waals surface area contributed by atoms with Gasteiger partial charge in [-0.1, -0.05) is 29.4 Å². The molecule has 1 aromatic rings. The Labute approximate surface area is 95.1 Å². The molecule has 0 fully saturated rings. The number of oxime groups is 1. The van der Waals surface area contributed by atoms with Crippen molar-refractivity contribution in [1.82, 2.24) is 0 Å². The third-order valence-electron chi connectivity index (χ3n) is 2.72. The lowest BCUT2D eigenvalue weighted by atomic mass is 10.0. The molecule has 16 heavy (non-hydrogen) atoms. The molecular formula is C13H15NO2. The van der Waals surface area contributed by atoms with Crippen LogP contribution in [0, 0.1) is 0 Å². The van der Waals surface area contributed by atoms with E-state index in [4.69, 9.17) is 4.84 Å². The van der Waals surface area contributed by atoms with Gasteiger partial charge in [0.25, 0.3) is 0 Å². The molecule has 1 aromatic carbocycles. The maximum absolute atomic E-state index is 10.8. The predicted molar refractivity (Wildman–Crippen MR) is 62.3 cm³/mol. The number of benzene rings is 1. The van der Waals surface area contributed by atoms with Gasteiger partial charge in [0.05, 0.1) is 5.71 Å². The zero-order chi connectivity index (χ0) is 11.4. The van der Waals surface area contributed by atoms with Crippen LogP contribution in [0.15, 0.2) is 29.4 Å². The highest BCUT2D eigenvalue weighted by molar-refractivity contribution is 6.02. The monoisotopic (exact) mass is 217 g/mol. The molecule has 0 N–H and O–H groups in total. The second kappa shape index (κ2) is 4.92. The first-order chi connectivity index (χ1) is 7.77. The quantitative estimate of drug-likeness (QED) is 0.412. The number of nitrogens with zero attached hydrogens (tertiary/aromatic N) is 1. The first-order valence-corrected chi connectivity index (χ1v) is 5.60. The second-order valence-corrected chi connectivity index (χ2v) is 3.99. The summed E-state index contributed by atoms with van der Waals surface area (Å²) in [4.78, 5) is 15.5. The van der Waals surface area contributed by atoms with Gasteiger partial charge in [-0.2, -0.15) is 0 Å². The Morgan fingerprint density at radius 2 is 2.00 bits per heavy atom. The van der Waals surface area contributed by atoms with Crippen LogP contribution in [0.3, 0.4) is 0 Å². The average molecular weight is 217 g/mol. The zero-order valence-corrected chi connectivity index (χ0v) is 9.40. The highest BCUT2D eigenvalue weighted by Gasteiger charge is 2.13. The lowest BCUT2D eigenvalue weighted by molar-refractivity contribution is -0.140. The van der Waals surface area contributed by atoms with Crippen LogP contribution in [0.1, 0.15) is 37.3 Å². The highest BCUT2D eigenvalue weighted by atomic mass is 16.7. The molecule has 0 unspecified atom stereocenters. The molecule has 3 heteroatoms. The van der Waals surface area contributed by atoms with Gasteiger partial charge < -0.3 is 4.84 Å². The number of hydrogen-bond donors (Lipinski definition) is 0. The highest BCUT2D eigenvalue weighted by Crippen LogP contribution is 2.21. The minimum atomic E-state index is -0.366. The summed E-state index contributed by atoms with van der Waals surface area (Å²) in [6, 6.07) is 8.19. The summed E-state index contributed by atoms with van der Waals surface area (Å²) >= 11 is 0. The van der Waals surface area contributed by atoms with Gasteiger partial charge in [0, 0.05) is 12.5 Å². The minimum Gasteiger partial charge on any atom is -0.318 e. The fourth-order valence-corrected chi connectivity index (χ4v) is 1.98. The summed E-state index contributed by atoms with van der Waals surface area (Å²) in [6.07, 6.45) is 4.21. The van der Waals surface area contributed by atoms with Gasteiger partial charge in [0.15, 0.2) is 0 Å². The van der Waals surface area contributed by atoms with Gasteiger partial charge in [-0.25, -0.2) is 4.79 Å². The minimum absolute atomic E-state index is 0.366. The first-order valence-electron chi connectivity index (χ1n) is 5.60. The van der Waals surface area contributed by atoms with Crippen LogP contribution in [0.5, 0.6) is 0 Å². The van der Waals surface area contributed by atoms with E-state index in [0.717, 1.165) is 37.0 Å². The Balaban J connectivity index is 2.32. The van der Waals surface area contributed by atoms with Crippen LogP contribution in [-0.4, -0.2) is 11.7 Å². The van der Waals surface area contributed by atoms with Crippen molar-refractivity contribution in [3.05, 3.63) is 35.4 Å². The lowest BCUT2D eigenvalue weighted by Gasteiger charge is -2.06. The van der Waals surface area contributed by atoms with Crippen molar-refractivity contribution in [3.8, 4) is 0 Å². The SMILES string of the molecule is CC(=O)O/N=C1\CCCCc2ccccc21. The third-order valence-corrected chi connectivity index (χ3v) is 2.72. The fraction of sp³-hybridized carbons (Fsp3) is 0.385. The molecule has 0 aliphatic heterocycles. The summed E-state index contributed by atoms with van der Waals surface area (Å²) in [5.41, 5.74) is 3.32. The molecule has 0 radical (unpaired) electrons. The van der Waals surface area contributed by atoms with E-state index in [2.05, 4.69) is 11.2 Å². The molecule has 0 spiro atoms. The van der Waals surface area contributed by atoms with E-state index < -0.39 is 0 Å². The Kier molecular flexibility index (Phi) is 3.34. The number of hydrogen-bond acceptors (Lipinski definition) is 3. The van der Waals surface area contributed by atoms with E-state index in [-0.39, 0.29) is 5.97 Å². The molecule has 1 aliphatic carbocycles. The molecule has 0 aromatic heterocycles. The van der Waals surface area contributed by atoms with Crippen LogP contribution in [0.4, 0.5) is 0 Å². The Bertz CT molecular complexity index is 424. The van der Waals surface area contributed by atoms with Crippen LogP contribution in [0.2, 0.25) is 0 Å².